The van der Waals surface area contributed by atoms with Crippen molar-refractivity contribution in [2.75, 3.05) is 0 Å². The van der Waals surface area contributed by atoms with Crippen LogP contribution in [0.4, 0.5) is 0 Å². The lowest BCUT2D eigenvalue weighted by molar-refractivity contribution is -0.142. The van der Waals surface area contributed by atoms with Crippen LogP contribution in [-0.4, -0.2) is 28.6 Å². The van der Waals surface area contributed by atoms with Crippen LogP contribution in [0.1, 0.15) is 31.2 Å². The molecule has 1 aromatic carbocycles. The van der Waals surface area contributed by atoms with Gasteiger partial charge in [-0.1, -0.05) is 43.2 Å². The summed E-state index contributed by atoms with van der Waals surface area (Å²) in [6.45, 7) is 0. The molecule has 0 aromatic heterocycles. The highest BCUT2D eigenvalue weighted by Crippen LogP contribution is 2.27. The molecule has 0 radical (unpaired) electrons. The minimum Gasteiger partial charge on any atom is -0.480 e. The fraction of sp³-hybridized carbons (Fsp3) is 0.467. The molecule has 1 atom stereocenters. The van der Waals surface area contributed by atoms with E-state index in [2.05, 4.69) is 5.32 Å². The Labute approximate surface area is 118 Å². The predicted octanol–water partition coefficient (Wildman–Crippen LogP) is 1.07. The fourth-order valence-electron chi connectivity index (χ4n) is 2.58. The van der Waals surface area contributed by atoms with Crippen molar-refractivity contribution in [2.24, 2.45) is 5.73 Å². The van der Waals surface area contributed by atoms with Gasteiger partial charge in [0.05, 0.1) is 5.54 Å². The molecule has 1 amide bonds. The molecule has 1 aliphatic rings. The number of carbonyl (C=O) groups excluding carboxylic acids is 1. The van der Waals surface area contributed by atoms with Gasteiger partial charge in [-0.25, -0.2) is 4.79 Å². The van der Waals surface area contributed by atoms with E-state index in [1.807, 2.05) is 30.3 Å². The minimum atomic E-state index is -1.04. The van der Waals surface area contributed by atoms with Gasteiger partial charge in [0.2, 0.25) is 5.91 Å². The Bertz CT molecular complexity index is 481. The maximum Gasteiger partial charge on any atom is 0.326 e. The molecular formula is C15H20N2O3. The van der Waals surface area contributed by atoms with E-state index in [-0.39, 0.29) is 12.3 Å². The van der Waals surface area contributed by atoms with Crippen LogP contribution < -0.4 is 11.1 Å². The summed E-state index contributed by atoms with van der Waals surface area (Å²) in [7, 11) is 0. The number of carbonyl (C=O) groups is 2. The van der Waals surface area contributed by atoms with Crippen LogP contribution in [0.5, 0.6) is 0 Å². The predicted molar refractivity (Wildman–Crippen MR) is 75.1 cm³/mol. The molecule has 5 heteroatoms. The average Bonchev–Trinajstić information content (AvgIpc) is 2.87. The second-order valence-corrected chi connectivity index (χ2v) is 5.42. The van der Waals surface area contributed by atoms with Gasteiger partial charge in [-0.05, 0) is 18.4 Å². The van der Waals surface area contributed by atoms with Crippen LogP contribution in [0.15, 0.2) is 30.3 Å². The Morgan fingerprint density at radius 2 is 1.85 bits per heavy atom. The van der Waals surface area contributed by atoms with Crippen LogP contribution in [0.2, 0.25) is 0 Å². The van der Waals surface area contributed by atoms with Crippen molar-refractivity contribution < 1.29 is 14.7 Å². The number of nitrogens with two attached hydrogens (primary N) is 1. The van der Waals surface area contributed by atoms with Crippen molar-refractivity contribution >= 4 is 11.9 Å². The first kappa shape index (κ1) is 14.5. The van der Waals surface area contributed by atoms with Gasteiger partial charge in [-0.2, -0.15) is 0 Å². The third-order valence-electron chi connectivity index (χ3n) is 3.83. The van der Waals surface area contributed by atoms with E-state index in [1.165, 1.54) is 0 Å². The lowest BCUT2D eigenvalue weighted by Crippen LogP contribution is -2.56. The highest BCUT2D eigenvalue weighted by molar-refractivity contribution is 5.90. The van der Waals surface area contributed by atoms with Gasteiger partial charge in [0.15, 0.2) is 0 Å². The molecule has 0 bridgehead atoms. The summed E-state index contributed by atoms with van der Waals surface area (Å²) in [5.74, 6) is -1.39. The Kier molecular flexibility index (Phi) is 4.39. The quantitative estimate of drug-likeness (QED) is 0.750. The first-order chi connectivity index (χ1) is 9.51. The van der Waals surface area contributed by atoms with Crippen molar-refractivity contribution in [3.8, 4) is 0 Å². The van der Waals surface area contributed by atoms with Crippen LogP contribution in [0, 0.1) is 0 Å². The molecule has 20 heavy (non-hydrogen) atoms. The number of carboxylic acids is 1. The van der Waals surface area contributed by atoms with Gasteiger partial charge >= 0.3 is 5.97 Å². The summed E-state index contributed by atoms with van der Waals surface area (Å²) in [5, 5.41) is 11.8. The topological polar surface area (TPSA) is 92.4 Å². The first-order valence-electron chi connectivity index (χ1n) is 6.88. The maximum atomic E-state index is 12.2. The smallest absolute Gasteiger partial charge is 0.326 e. The number of carboxylic acid groups (broad SMARTS) is 1. The lowest BCUT2D eigenvalue weighted by atomic mass is 9.96. The molecule has 0 spiro atoms. The number of hydrogen-bond donors (Lipinski definition) is 3. The lowest BCUT2D eigenvalue weighted by Gasteiger charge is -2.25. The second kappa shape index (κ2) is 6.05. The highest BCUT2D eigenvalue weighted by atomic mass is 16.4. The zero-order valence-electron chi connectivity index (χ0n) is 11.3. The summed E-state index contributed by atoms with van der Waals surface area (Å²) in [6, 6.07) is 8.30. The van der Waals surface area contributed by atoms with Crippen molar-refractivity contribution in [1.82, 2.24) is 5.32 Å². The van der Waals surface area contributed by atoms with E-state index in [1.54, 1.807) is 0 Å². The molecule has 5 nitrogen and oxygen atoms in total. The minimum absolute atomic E-state index is 0.262. The standard InChI is InChI=1S/C15H20N2O3/c16-15(8-4-5-9-15)14(20)17-12(13(18)19)10-11-6-2-1-3-7-11/h1-3,6-7,12H,4-5,8-10,16H2,(H,17,20)(H,18,19)/t12-/m1/s1. The monoisotopic (exact) mass is 276 g/mol. The Morgan fingerprint density at radius 1 is 1.25 bits per heavy atom. The molecule has 0 unspecified atom stereocenters. The summed E-state index contributed by atoms with van der Waals surface area (Å²) in [6.07, 6.45) is 3.34. The van der Waals surface area contributed by atoms with Crippen LogP contribution in [0.25, 0.3) is 0 Å². The SMILES string of the molecule is NC1(C(=O)N[C@H](Cc2ccccc2)C(=O)O)CCCC1. The van der Waals surface area contributed by atoms with Crippen molar-refractivity contribution in [1.29, 1.82) is 0 Å². The number of benzene rings is 1. The molecular weight excluding hydrogens is 256 g/mol. The molecule has 4 N–H and O–H groups in total. The van der Waals surface area contributed by atoms with Crippen LogP contribution in [0.3, 0.4) is 0 Å². The Balaban J connectivity index is 2.02. The Hall–Kier alpha value is -1.88. The summed E-state index contributed by atoms with van der Waals surface area (Å²) in [5.41, 5.74) is 6.01. The normalized spacial score (nSPS) is 18.4. The van der Waals surface area contributed by atoms with E-state index >= 15 is 0 Å². The third-order valence-corrected chi connectivity index (χ3v) is 3.83. The molecule has 1 saturated carbocycles. The van der Waals surface area contributed by atoms with E-state index in [4.69, 9.17) is 5.73 Å². The van der Waals surface area contributed by atoms with E-state index in [0.29, 0.717) is 12.8 Å². The van der Waals surface area contributed by atoms with Crippen molar-refractivity contribution in [2.45, 2.75) is 43.7 Å². The van der Waals surface area contributed by atoms with Gasteiger partial charge in [-0.3, -0.25) is 4.79 Å². The third kappa shape index (κ3) is 3.36. The molecule has 0 heterocycles. The fourth-order valence-corrected chi connectivity index (χ4v) is 2.58. The zero-order chi connectivity index (χ0) is 14.6. The second-order valence-electron chi connectivity index (χ2n) is 5.42. The largest absolute Gasteiger partial charge is 0.480 e. The molecule has 1 fully saturated rings. The average molecular weight is 276 g/mol. The van der Waals surface area contributed by atoms with Gasteiger partial charge in [-0.15, -0.1) is 0 Å². The zero-order valence-corrected chi connectivity index (χ0v) is 11.3. The highest BCUT2D eigenvalue weighted by Gasteiger charge is 2.38. The van der Waals surface area contributed by atoms with E-state index in [0.717, 1.165) is 18.4 Å². The van der Waals surface area contributed by atoms with Gasteiger partial charge in [0.1, 0.15) is 6.04 Å². The van der Waals surface area contributed by atoms with Gasteiger partial charge < -0.3 is 16.2 Å². The number of amides is 1. The summed E-state index contributed by atoms with van der Waals surface area (Å²) < 4.78 is 0. The number of nitrogens with one attached hydrogen (secondary N) is 1. The molecule has 1 aliphatic carbocycles. The van der Waals surface area contributed by atoms with Crippen LogP contribution in [-0.2, 0) is 16.0 Å². The van der Waals surface area contributed by atoms with Gasteiger partial charge in [0.25, 0.3) is 0 Å². The van der Waals surface area contributed by atoms with E-state index in [9.17, 15) is 14.7 Å². The molecule has 108 valence electrons. The van der Waals surface area contributed by atoms with E-state index < -0.39 is 17.6 Å². The molecule has 0 saturated heterocycles. The Morgan fingerprint density at radius 3 is 2.40 bits per heavy atom. The van der Waals surface area contributed by atoms with Gasteiger partial charge in [0, 0.05) is 6.42 Å². The number of hydrogen-bond acceptors (Lipinski definition) is 3. The number of rotatable bonds is 5. The molecule has 0 aliphatic heterocycles. The summed E-state index contributed by atoms with van der Waals surface area (Å²) >= 11 is 0. The summed E-state index contributed by atoms with van der Waals surface area (Å²) in [4.78, 5) is 23.5. The molecule has 2 rings (SSSR count). The first-order valence-corrected chi connectivity index (χ1v) is 6.88. The van der Waals surface area contributed by atoms with Crippen molar-refractivity contribution in [3.63, 3.8) is 0 Å². The van der Waals surface area contributed by atoms with Crippen LogP contribution >= 0.6 is 0 Å². The maximum absolute atomic E-state index is 12.2. The van der Waals surface area contributed by atoms with Crippen molar-refractivity contribution in [3.05, 3.63) is 35.9 Å². The number of aliphatic carboxylic acids is 1. The molecule has 1 aromatic rings.